The van der Waals surface area contributed by atoms with E-state index in [0.29, 0.717) is 18.7 Å². The molecule has 2 heterocycles. The van der Waals surface area contributed by atoms with E-state index in [0.717, 1.165) is 31.2 Å². The number of likely N-dealkylation sites (tertiary alicyclic amines) is 1. The molecule has 1 saturated heterocycles. The van der Waals surface area contributed by atoms with E-state index in [4.69, 9.17) is 0 Å². The molecular weight excluding hydrogens is 330 g/mol. The van der Waals surface area contributed by atoms with Gasteiger partial charge in [-0.15, -0.1) is 0 Å². The first-order valence-electron chi connectivity index (χ1n) is 9.51. The molecule has 1 aliphatic heterocycles. The first-order valence-corrected chi connectivity index (χ1v) is 9.51. The van der Waals surface area contributed by atoms with Crippen molar-refractivity contribution in [2.24, 2.45) is 5.41 Å². The number of pyridine rings is 1. The van der Waals surface area contributed by atoms with E-state index in [1.54, 1.807) is 19.2 Å². The second-order valence-corrected chi connectivity index (χ2v) is 7.99. The van der Waals surface area contributed by atoms with Gasteiger partial charge in [0.1, 0.15) is 5.69 Å². The van der Waals surface area contributed by atoms with Crippen LogP contribution in [0.15, 0.2) is 18.3 Å². The second kappa shape index (κ2) is 7.35. The highest BCUT2D eigenvalue weighted by Gasteiger charge is 2.54. The minimum atomic E-state index is -0.407. The summed E-state index contributed by atoms with van der Waals surface area (Å²) in [5, 5.41) is 13.6. The molecule has 2 N–H and O–H groups in total. The summed E-state index contributed by atoms with van der Waals surface area (Å²) in [6.07, 6.45) is 5.62. The molecule has 2 amide bonds. The van der Waals surface area contributed by atoms with Gasteiger partial charge in [-0.05, 0) is 37.8 Å². The lowest BCUT2D eigenvalue weighted by molar-refractivity contribution is -0.133. The van der Waals surface area contributed by atoms with Crippen molar-refractivity contribution in [3.8, 4) is 0 Å². The van der Waals surface area contributed by atoms with Crippen LogP contribution < -0.4 is 5.32 Å². The van der Waals surface area contributed by atoms with Gasteiger partial charge in [0.05, 0.1) is 12.1 Å². The number of carbonyl (C=O) groups excluding carboxylic acids is 2. The van der Waals surface area contributed by atoms with Gasteiger partial charge >= 0.3 is 0 Å². The molecule has 0 bridgehead atoms. The molecule has 0 unspecified atom stereocenters. The molecule has 3 rings (SSSR count). The Kier molecular flexibility index (Phi) is 5.32. The molecule has 0 aromatic carbocycles. The van der Waals surface area contributed by atoms with Crippen molar-refractivity contribution < 1.29 is 14.7 Å². The predicted octanol–water partition coefficient (Wildman–Crippen LogP) is 2.05. The Morgan fingerprint density at radius 2 is 2.12 bits per heavy atom. The highest BCUT2D eigenvalue weighted by atomic mass is 16.3. The third-order valence-corrected chi connectivity index (χ3v) is 6.22. The first kappa shape index (κ1) is 18.8. The molecule has 26 heavy (non-hydrogen) atoms. The zero-order valence-corrected chi connectivity index (χ0v) is 15.9. The quantitative estimate of drug-likeness (QED) is 0.865. The molecule has 1 aliphatic carbocycles. The number of aryl methyl sites for hydroxylation is 1. The summed E-state index contributed by atoms with van der Waals surface area (Å²) in [5.41, 5.74) is 0.936. The van der Waals surface area contributed by atoms with Crippen LogP contribution in [0.1, 0.15) is 62.0 Å². The number of aliphatic hydroxyl groups excluding tert-OH is 1. The van der Waals surface area contributed by atoms with Crippen molar-refractivity contribution in [2.75, 3.05) is 6.54 Å². The number of hydrogen-bond acceptors (Lipinski definition) is 4. The number of nitrogens with one attached hydrogen (secondary N) is 1. The van der Waals surface area contributed by atoms with Gasteiger partial charge in [0.2, 0.25) is 5.91 Å². The van der Waals surface area contributed by atoms with Crippen molar-refractivity contribution in [3.05, 3.63) is 29.6 Å². The number of aliphatic hydroxyl groups is 1. The Hall–Kier alpha value is -1.95. The molecule has 6 nitrogen and oxygen atoms in total. The fourth-order valence-corrected chi connectivity index (χ4v) is 4.81. The summed E-state index contributed by atoms with van der Waals surface area (Å²) in [6, 6.07) is 3.60. The van der Waals surface area contributed by atoms with Crippen LogP contribution in [0.2, 0.25) is 0 Å². The Labute approximate surface area is 155 Å². The lowest BCUT2D eigenvalue weighted by Gasteiger charge is -2.37. The van der Waals surface area contributed by atoms with Crippen LogP contribution in [0.4, 0.5) is 0 Å². The summed E-state index contributed by atoms with van der Waals surface area (Å²) in [7, 11) is 0. The zero-order valence-electron chi connectivity index (χ0n) is 15.9. The molecular formula is C20H29N3O3. The summed E-state index contributed by atoms with van der Waals surface area (Å²) >= 11 is 0. The van der Waals surface area contributed by atoms with E-state index < -0.39 is 6.10 Å². The first-order chi connectivity index (χ1) is 12.3. The SMILES string of the molecule is CC(=O)N1[C@@H](CNC(=O)c2ncccc2C)C[C@@]2(C)[C@@H](O)CCCC[C@@H]12. The lowest BCUT2D eigenvalue weighted by Crippen LogP contribution is -2.48. The monoisotopic (exact) mass is 359 g/mol. The minimum absolute atomic E-state index is 0.0149. The fourth-order valence-electron chi connectivity index (χ4n) is 4.81. The Balaban J connectivity index is 1.76. The number of rotatable bonds is 3. The average Bonchev–Trinajstić information content (AvgIpc) is 2.82. The van der Waals surface area contributed by atoms with Crippen molar-refractivity contribution in [1.29, 1.82) is 0 Å². The number of nitrogens with zero attached hydrogens (tertiary/aromatic N) is 2. The van der Waals surface area contributed by atoms with E-state index >= 15 is 0 Å². The molecule has 1 aromatic rings. The maximum absolute atomic E-state index is 12.5. The van der Waals surface area contributed by atoms with E-state index in [9.17, 15) is 14.7 Å². The maximum Gasteiger partial charge on any atom is 0.270 e. The maximum atomic E-state index is 12.5. The molecule has 2 aliphatic rings. The van der Waals surface area contributed by atoms with Gasteiger partial charge in [-0.3, -0.25) is 14.6 Å². The van der Waals surface area contributed by atoms with Crippen molar-refractivity contribution >= 4 is 11.8 Å². The predicted molar refractivity (Wildman–Crippen MR) is 98.6 cm³/mol. The molecule has 4 atom stereocenters. The number of carbonyl (C=O) groups is 2. The standard InChI is InChI=1S/C20H29N3O3/c1-13-7-6-10-21-18(13)19(26)22-12-15-11-20(3)16(23(15)14(2)24)8-4-5-9-17(20)25/h6-7,10,15-17,25H,4-5,8-9,11-12H2,1-3H3,(H,22,26)/t15-,16-,17+,20-/m1/s1. The van der Waals surface area contributed by atoms with Gasteiger partial charge in [0.15, 0.2) is 0 Å². The number of hydrogen-bond donors (Lipinski definition) is 2. The molecule has 0 radical (unpaired) electrons. The highest BCUT2D eigenvalue weighted by molar-refractivity contribution is 5.93. The average molecular weight is 359 g/mol. The highest BCUT2D eigenvalue weighted by Crippen LogP contribution is 2.48. The lowest BCUT2D eigenvalue weighted by atomic mass is 9.75. The van der Waals surface area contributed by atoms with Gasteiger partial charge in [0, 0.05) is 31.1 Å². The Morgan fingerprint density at radius 3 is 2.81 bits per heavy atom. The van der Waals surface area contributed by atoms with Crippen LogP contribution in [-0.4, -0.2) is 51.5 Å². The van der Waals surface area contributed by atoms with Crippen molar-refractivity contribution in [2.45, 2.75) is 71.1 Å². The smallest absolute Gasteiger partial charge is 0.270 e. The van der Waals surface area contributed by atoms with Crippen molar-refractivity contribution in [3.63, 3.8) is 0 Å². The fraction of sp³-hybridized carbons (Fsp3) is 0.650. The van der Waals surface area contributed by atoms with E-state index in [1.807, 2.05) is 17.9 Å². The molecule has 142 valence electrons. The Morgan fingerprint density at radius 1 is 1.38 bits per heavy atom. The van der Waals surface area contributed by atoms with Crippen LogP contribution in [0.5, 0.6) is 0 Å². The van der Waals surface area contributed by atoms with Crippen LogP contribution in [0.25, 0.3) is 0 Å². The molecule has 1 saturated carbocycles. The normalized spacial score (nSPS) is 31.2. The zero-order chi connectivity index (χ0) is 18.9. The third kappa shape index (κ3) is 3.34. The van der Waals surface area contributed by atoms with Gasteiger partial charge in [-0.2, -0.15) is 0 Å². The van der Waals surface area contributed by atoms with Crippen LogP contribution in [-0.2, 0) is 4.79 Å². The van der Waals surface area contributed by atoms with Crippen LogP contribution >= 0.6 is 0 Å². The van der Waals surface area contributed by atoms with E-state index in [2.05, 4.69) is 17.2 Å². The topological polar surface area (TPSA) is 82.5 Å². The van der Waals surface area contributed by atoms with Gasteiger partial charge in [-0.25, -0.2) is 0 Å². The van der Waals surface area contributed by atoms with E-state index in [1.165, 1.54) is 0 Å². The Bertz CT molecular complexity index is 693. The van der Waals surface area contributed by atoms with E-state index in [-0.39, 0.29) is 29.3 Å². The largest absolute Gasteiger partial charge is 0.392 e. The molecule has 2 fully saturated rings. The summed E-state index contributed by atoms with van der Waals surface area (Å²) in [4.78, 5) is 30.9. The molecule has 6 heteroatoms. The second-order valence-electron chi connectivity index (χ2n) is 7.99. The molecule has 1 aromatic heterocycles. The van der Waals surface area contributed by atoms with Crippen LogP contribution in [0.3, 0.4) is 0 Å². The summed E-state index contributed by atoms with van der Waals surface area (Å²) in [5.74, 6) is -0.203. The number of aromatic nitrogens is 1. The van der Waals surface area contributed by atoms with Gasteiger partial charge < -0.3 is 15.3 Å². The van der Waals surface area contributed by atoms with Crippen LogP contribution in [0, 0.1) is 12.3 Å². The number of fused-ring (bicyclic) bond motifs is 1. The minimum Gasteiger partial charge on any atom is -0.392 e. The van der Waals surface area contributed by atoms with Crippen molar-refractivity contribution in [1.82, 2.24) is 15.2 Å². The number of amides is 2. The third-order valence-electron chi connectivity index (χ3n) is 6.22. The summed E-state index contributed by atoms with van der Waals surface area (Å²) in [6.45, 7) is 5.91. The van der Waals surface area contributed by atoms with Gasteiger partial charge in [-0.1, -0.05) is 25.8 Å². The molecule has 0 spiro atoms. The van der Waals surface area contributed by atoms with Gasteiger partial charge in [0.25, 0.3) is 5.91 Å². The summed E-state index contributed by atoms with van der Waals surface area (Å²) < 4.78 is 0.